The van der Waals surface area contributed by atoms with Gasteiger partial charge in [0.15, 0.2) is 5.15 Å². The zero-order valence-corrected chi connectivity index (χ0v) is 12.2. The number of carbonyl (C=O) groups is 1. The molecule has 0 saturated heterocycles. The highest BCUT2D eigenvalue weighted by Gasteiger charge is 2.23. The zero-order valence-electron chi connectivity index (χ0n) is 11.4. The molecule has 1 N–H and O–H groups in total. The molecule has 1 aliphatic carbocycles. The van der Waals surface area contributed by atoms with Crippen molar-refractivity contribution >= 4 is 17.5 Å². The predicted molar refractivity (Wildman–Crippen MR) is 80.5 cm³/mol. The monoisotopic (exact) mass is 299 g/mol. The first kappa shape index (κ1) is 12.8. The van der Waals surface area contributed by atoms with Crippen LogP contribution >= 0.6 is 11.6 Å². The largest absolute Gasteiger partial charge is 0.352 e. The van der Waals surface area contributed by atoms with Crippen molar-refractivity contribution in [3.05, 3.63) is 45.6 Å². The van der Waals surface area contributed by atoms with Crippen LogP contribution in [0.4, 0.5) is 0 Å². The minimum absolute atomic E-state index is 0.00946. The molecular formula is C16H14ClN3O. The van der Waals surface area contributed by atoms with E-state index in [1.165, 1.54) is 5.56 Å². The second kappa shape index (κ2) is 4.81. The summed E-state index contributed by atoms with van der Waals surface area (Å²) < 4.78 is 0. The Labute approximate surface area is 127 Å². The van der Waals surface area contributed by atoms with E-state index in [1.807, 2.05) is 12.1 Å². The highest BCUT2D eigenvalue weighted by Crippen LogP contribution is 2.34. The highest BCUT2D eigenvalue weighted by atomic mass is 35.5. The Morgan fingerprint density at radius 2 is 1.95 bits per heavy atom. The summed E-state index contributed by atoms with van der Waals surface area (Å²) in [5, 5.41) is 11.8. The third-order valence-electron chi connectivity index (χ3n) is 4.29. The van der Waals surface area contributed by atoms with Gasteiger partial charge >= 0.3 is 0 Å². The standard InChI is InChI=1S/C16H14ClN3O/c17-15-13-3-1-2-12(13)14(19-20-15)10-4-5-11-9(8-10)6-7-18-16(11)21/h4-5,8H,1-3,6-7H2,(H,18,21). The van der Waals surface area contributed by atoms with Gasteiger partial charge < -0.3 is 5.32 Å². The minimum Gasteiger partial charge on any atom is -0.352 e. The molecule has 0 bridgehead atoms. The molecule has 0 fully saturated rings. The number of halogens is 1. The van der Waals surface area contributed by atoms with Crippen molar-refractivity contribution in [1.82, 2.24) is 15.5 Å². The quantitative estimate of drug-likeness (QED) is 0.880. The molecule has 0 spiro atoms. The molecule has 0 atom stereocenters. The summed E-state index contributed by atoms with van der Waals surface area (Å²) in [6.45, 7) is 0.694. The van der Waals surface area contributed by atoms with E-state index in [9.17, 15) is 4.79 Å². The Kier molecular flexibility index (Phi) is 2.93. The molecule has 4 rings (SSSR count). The molecule has 0 saturated carbocycles. The number of nitrogens with zero attached hydrogens (tertiary/aromatic N) is 2. The Hall–Kier alpha value is -1.94. The molecule has 2 aromatic rings. The summed E-state index contributed by atoms with van der Waals surface area (Å²) in [5.41, 5.74) is 6.15. The van der Waals surface area contributed by atoms with Crippen LogP contribution in [0.3, 0.4) is 0 Å². The number of aromatic nitrogens is 2. The van der Waals surface area contributed by atoms with Crippen LogP contribution in [-0.2, 0) is 19.3 Å². The van der Waals surface area contributed by atoms with E-state index < -0.39 is 0 Å². The van der Waals surface area contributed by atoms with Gasteiger partial charge in [0, 0.05) is 17.7 Å². The van der Waals surface area contributed by atoms with Crippen molar-refractivity contribution < 1.29 is 4.79 Å². The van der Waals surface area contributed by atoms with Crippen molar-refractivity contribution in [3.8, 4) is 11.3 Å². The zero-order chi connectivity index (χ0) is 14.4. The van der Waals surface area contributed by atoms with Gasteiger partial charge in [-0.2, -0.15) is 0 Å². The van der Waals surface area contributed by atoms with Crippen LogP contribution in [0.25, 0.3) is 11.3 Å². The Morgan fingerprint density at radius 1 is 1.10 bits per heavy atom. The van der Waals surface area contributed by atoms with Crippen LogP contribution < -0.4 is 5.32 Å². The summed E-state index contributed by atoms with van der Waals surface area (Å²) >= 11 is 6.14. The van der Waals surface area contributed by atoms with Gasteiger partial charge in [-0.25, -0.2) is 0 Å². The van der Waals surface area contributed by atoms with E-state index in [-0.39, 0.29) is 5.91 Å². The van der Waals surface area contributed by atoms with E-state index in [1.54, 1.807) is 0 Å². The first-order chi connectivity index (χ1) is 10.2. The summed E-state index contributed by atoms with van der Waals surface area (Å²) in [6, 6.07) is 5.92. The molecule has 106 valence electrons. The number of fused-ring (bicyclic) bond motifs is 2. The van der Waals surface area contributed by atoms with Crippen LogP contribution in [0.5, 0.6) is 0 Å². The number of hydrogen-bond acceptors (Lipinski definition) is 3. The van der Waals surface area contributed by atoms with Crippen molar-refractivity contribution in [2.45, 2.75) is 25.7 Å². The average Bonchev–Trinajstić information content (AvgIpc) is 2.98. The second-order valence-electron chi connectivity index (χ2n) is 5.53. The number of hydrogen-bond donors (Lipinski definition) is 1. The van der Waals surface area contributed by atoms with Gasteiger partial charge in [0.25, 0.3) is 5.91 Å². The lowest BCUT2D eigenvalue weighted by Crippen LogP contribution is -2.31. The molecule has 1 aromatic carbocycles. The van der Waals surface area contributed by atoms with Crippen molar-refractivity contribution in [3.63, 3.8) is 0 Å². The van der Waals surface area contributed by atoms with Crippen molar-refractivity contribution in [2.24, 2.45) is 0 Å². The molecular weight excluding hydrogens is 286 g/mol. The summed E-state index contributed by atoms with van der Waals surface area (Å²) in [4.78, 5) is 11.8. The number of nitrogens with one attached hydrogen (secondary N) is 1. The minimum atomic E-state index is 0.00946. The van der Waals surface area contributed by atoms with E-state index >= 15 is 0 Å². The van der Waals surface area contributed by atoms with Gasteiger partial charge in [0.1, 0.15) is 0 Å². The number of amides is 1. The van der Waals surface area contributed by atoms with E-state index in [0.29, 0.717) is 11.7 Å². The molecule has 21 heavy (non-hydrogen) atoms. The van der Waals surface area contributed by atoms with E-state index in [2.05, 4.69) is 21.6 Å². The number of rotatable bonds is 1. The van der Waals surface area contributed by atoms with Gasteiger partial charge in [0.05, 0.1) is 5.69 Å². The van der Waals surface area contributed by atoms with Crippen molar-refractivity contribution in [1.29, 1.82) is 0 Å². The van der Waals surface area contributed by atoms with Gasteiger partial charge in [-0.3, -0.25) is 4.79 Å². The fourth-order valence-corrected chi connectivity index (χ4v) is 3.50. The van der Waals surface area contributed by atoms with Crippen LogP contribution in [-0.4, -0.2) is 22.6 Å². The predicted octanol–water partition coefficient (Wildman–Crippen LogP) is 2.57. The fraction of sp³-hybridized carbons (Fsp3) is 0.312. The lowest BCUT2D eigenvalue weighted by atomic mass is 9.95. The highest BCUT2D eigenvalue weighted by molar-refractivity contribution is 6.30. The first-order valence-corrected chi connectivity index (χ1v) is 7.57. The molecule has 1 aromatic heterocycles. The molecule has 2 heterocycles. The normalized spacial score (nSPS) is 16.3. The third-order valence-corrected chi connectivity index (χ3v) is 4.60. The molecule has 0 unspecified atom stereocenters. The van der Waals surface area contributed by atoms with Gasteiger partial charge in [0.2, 0.25) is 0 Å². The second-order valence-corrected chi connectivity index (χ2v) is 5.89. The molecule has 1 aliphatic heterocycles. The molecule has 4 nitrogen and oxygen atoms in total. The topological polar surface area (TPSA) is 54.9 Å². The first-order valence-electron chi connectivity index (χ1n) is 7.19. The molecule has 0 radical (unpaired) electrons. The van der Waals surface area contributed by atoms with E-state index in [4.69, 9.17) is 11.6 Å². The molecule has 1 amide bonds. The SMILES string of the molecule is O=C1NCCc2cc(-c3nnc(Cl)c4c3CCC4)ccc21. The third kappa shape index (κ3) is 2.02. The van der Waals surface area contributed by atoms with Crippen LogP contribution in [0, 0.1) is 0 Å². The van der Waals surface area contributed by atoms with Gasteiger partial charge in [-0.1, -0.05) is 17.7 Å². The fourth-order valence-electron chi connectivity index (χ4n) is 3.25. The van der Waals surface area contributed by atoms with Gasteiger partial charge in [-0.05, 0) is 54.5 Å². The van der Waals surface area contributed by atoms with Crippen LogP contribution in [0.15, 0.2) is 18.2 Å². The Bertz CT molecular complexity index is 757. The maximum atomic E-state index is 11.8. The lowest BCUT2D eigenvalue weighted by Gasteiger charge is -2.17. The number of carbonyl (C=O) groups excluding carboxylic acids is 1. The Balaban J connectivity index is 1.85. The summed E-state index contributed by atoms with van der Waals surface area (Å²) in [6.07, 6.45) is 3.93. The lowest BCUT2D eigenvalue weighted by molar-refractivity contribution is 0.0946. The van der Waals surface area contributed by atoms with E-state index in [0.717, 1.165) is 53.6 Å². The smallest absolute Gasteiger partial charge is 0.251 e. The average molecular weight is 300 g/mol. The summed E-state index contributed by atoms with van der Waals surface area (Å²) in [5.74, 6) is 0.00946. The maximum Gasteiger partial charge on any atom is 0.251 e. The van der Waals surface area contributed by atoms with Crippen LogP contribution in [0.2, 0.25) is 5.15 Å². The van der Waals surface area contributed by atoms with Gasteiger partial charge in [-0.15, -0.1) is 10.2 Å². The number of benzene rings is 1. The molecule has 5 heteroatoms. The van der Waals surface area contributed by atoms with Crippen LogP contribution in [0.1, 0.15) is 33.5 Å². The summed E-state index contributed by atoms with van der Waals surface area (Å²) in [7, 11) is 0. The van der Waals surface area contributed by atoms with Crippen molar-refractivity contribution in [2.75, 3.05) is 6.54 Å². The maximum absolute atomic E-state index is 11.8. The Morgan fingerprint density at radius 3 is 2.86 bits per heavy atom. The molecule has 2 aliphatic rings.